The van der Waals surface area contributed by atoms with Gasteiger partial charge in [0.25, 0.3) is 0 Å². The van der Waals surface area contributed by atoms with Gasteiger partial charge in [0.05, 0.1) is 5.75 Å². The highest BCUT2D eigenvalue weighted by molar-refractivity contribution is 7.92. The first-order valence-corrected chi connectivity index (χ1v) is 7.92. The minimum absolute atomic E-state index is 0.0106. The zero-order valence-corrected chi connectivity index (χ0v) is 11.6. The van der Waals surface area contributed by atoms with Crippen LogP contribution in [0.3, 0.4) is 0 Å². The highest BCUT2D eigenvalue weighted by Gasteiger charge is 2.15. The molecule has 0 rings (SSSR count). The Labute approximate surface area is 104 Å². The normalized spacial score (nSPS) is 13.4. The van der Waals surface area contributed by atoms with Crippen LogP contribution >= 0.6 is 0 Å². The van der Waals surface area contributed by atoms with Crippen molar-refractivity contribution in [2.24, 2.45) is 5.73 Å². The molecule has 0 fully saturated rings. The van der Waals surface area contributed by atoms with E-state index in [1.165, 1.54) is 0 Å². The number of nitrogens with one attached hydrogen (secondary N) is 1. The first kappa shape index (κ1) is 16.4. The van der Waals surface area contributed by atoms with Crippen molar-refractivity contribution in [3.63, 3.8) is 0 Å². The summed E-state index contributed by atoms with van der Waals surface area (Å²) in [5.74, 6) is -0.737. The number of hydrogen-bond acceptors (Lipinski definition) is 4. The second-order valence-corrected chi connectivity index (χ2v) is 6.60. The summed E-state index contributed by atoms with van der Waals surface area (Å²) in [5.41, 5.74) is 5.52. The van der Waals surface area contributed by atoms with E-state index in [0.717, 1.165) is 12.8 Å². The lowest BCUT2D eigenvalue weighted by Crippen LogP contribution is -2.34. The average molecular weight is 264 g/mol. The van der Waals surface area contributed by atoms with Crippen molar-refractivity contribution in [3.8, 4) is 0 Å². The third kappa shape index (κ3) is 10.3. The zero-order chi connectivity index (χ0) is 13.3. The minimum atomic E-state index is -3.25. The van der Waals surface area contributed by atoms with Crippen LogP contribution in [0.2, 0.25) is 0 Å². The van der Waals surface area contributed by atoms with Crippen molar-refractivity contribution in [2.45, 2.75) is 45.6 Å². The van der Waals surface area contributed by atoms with Crippen LogP contribution in [0.5, 0.6) is 0 Å². The Hall–Kier alpha value is -0.620. The highest BCUT2D eigenvalue weighted by atomic mass is 32.2. The summed E-state index contributed by atoms with van der Waals surface area (Å²) in [6.45, 7) is 4.28. The molecule has 3 N–H and O–H groups in total. The van der Waals surface area contributed by atoms with Gasteiger partial charge < -0.3 is 11.1 Å². The summed E-state index contributed by atoms with van der Waals surface area (Å²) in [6, 6.07) is 0.0106. The molecule has 0 heterocycles. The number of carbonyl (C=O) groups excluding carboxylic acids is 1. The maximum Gasteiger partial charge on any atom is 0.235 e. The Morgan fingerprint density at radius 3 is 2.53 bits per heavy atom. The Kier molecular flexibility index (Phi) is 8.16. The average Bonchev–Trinajstić information content (AvgIpc) is 2.16. The number of amides is 1. The van der Waals surface area contributed by atoms with E-state index in [1.54, 1.807) is 0 Å². The van der Waals surface area contributed by atoms with Gasteiger partial charge in [-0.25, -0.2) is 8.42 Å². The fourth-order valence-corrected chi connectivity index (χ4v) is 2.62. The molecule has 0 aliphatic carbocycles. The van der Waals surface area contributed by atoms with Gasteiger partial charge in [-0.2, -0.15) is 0 Å². The van der Waals surface area contributed by atoms with Crippen molar-refractivity contribution in [1.29, 1.82) is 0 Å². The zero-order valence-electron chi connectivity index (χ0n) is 10.7. The predicted molar refractivity (Wildman–Crippen MR) is 69.5 cm³/mol. The van der Waals surface area contributed by atoms with Crippen LogP contribution in [-0.4, -0.2) is 38.4 Å². The van der Waals surface area contributed by atoms with Gasteiger partial charge in [0.1, 0.15) is 5.75 Å². The molecule has 0 aromatic rings. The first-order chi connectivity index (χ1) is 7.87. The van der Waals surface area contributed by atoms with E-state index < -0.39 is 21.5 Å². The van der Waals surface area contributed by atoms with Crippen molar-refractivity contribution in [1.82, 2.24) is 5.32 Å². The third-order valence-electron chi connectivity index (χ3n) is 2.33. The standard InChI is InChI=1S/C11H24N2O3S/c1-3-4-5-8-17(15,16)9-11(14)13-7-6-10(2)12/h10H,3-9,12H2,1-2H3,(H,13,14). The Bertz CT molecular complexity index is 313. The van der Waals surface area contributed by atoms with E-state index in [2.05, 4.69) is 5.32 Å². The second kappa shape index (κ2) is 8.47. The summed E-state index contributed by atoms with van der Waals surface area (Å²) in [4.78, 5) is 11.3. The molecule has 0 bridgehead atoms. The summed E-state index contributed by atoms with van der Waals surface area (Å²) in [5, 5.41) is 2.56. The SMILES string of the molecule is CCCCCS(=O)(=O)CC(=O)NCCC(C)N. The lowest BCUT2D eigenvalue weighted by atomic mass is 10.2. The largest absolute Gasteiger partial charge is 0.355 e. The molecule has 0 aliphatic heterocycles. The van der Waals surface area contributed by atoms with Crippen LogP contribution in [-0.2, 0) is 14.6 Å². The van der Waals surface area contributed by atoms with Crippen molar-refractivity contribution in [3.05, 3.63) is 0 Å². The van der Waals surface area contributed by atoms with Crippen molar-refractivity contribution >= 4 is 15.7 Å². The number of nitrogens with two attached hydrogens (primary N) is 1. The van der Waals surface area contributed by atoms with Gasteiger partial charge in [0.15, 0.2) is 9.84 Å². The molecule has 0 saturated heterocycles. The summed E-state index contributed by atoms with van der Waals surface area (Å²) < 4.78 is 23.1. The van der Waals surface area contributed by atoms with Gasteiger partial charge in [-0.1, -0.05) is 19.8 Å². The van der Waals surface area contributed by atoms with Gasteiger partial charge >= 0.3 is 0 Å². The number of rotatable bonds is 9. The quantitative estimate of drug-likeness (QED) is 0.592. The molecule has 1 unspecified atom stereocenters. The van der Waals surface area contributed by atoms with Gasteiger partial charge in [-0.15, -0.1) is 0 Å². The first-order valence-electron chi connectivity index (χ1n) is 6.10. The fraction of sp³-hybridized carbons (Fsp3) is 0.909. The highest BCUT2D eigenvalue weighted by Crippen LogP contribution is 2.00. The van der Waals surface area contributed by atoms with E-state index in [4.69, 9.17) is 5.73 Å². The Morgan fingerprint density at radius 2 is 2.00 bits per heavy atom. The maximum absolute atomic E-state index is 11.5. The molecule has 6 heteroatoms. The predicted octanol–water partition coefficient (Wildman–Crippen LogP) is 0.445. The van der Waals surface area contributed by atoms with Crippen LogP contribution in [0.15, 0.2) is 0 Å². The molecule has 0 aliphatic rings. The number of sulfone groups is 1. The lowest BCUT2D eigenvalue weighted by Gasteiger charge is -2.07. The van der Waals surface area contributed by atoms with Crippen LogP contribution in [0.25, 0.3) is 0 Å². The molecular weight excluding hydrogens is 240 g/mol. The van der Waals surface area contributed by atoms with E-state index >= 15 is 0 Å². The molecule has 0 aromatic carbocycles. The molecule has 1 amide bonds. The smallest absolute Gasteiger partial charge is 0.235 e. The minimum Gasteiger partial charge on any atom is -0.355 e. The number of carbonyl (C=O) groups is 1. The molecule has 17 heavy (non-hydrogen) atoms. The number of unbranched alkanes of at least 4 members (excludes halogenated alkanes) is 2. The molecule has 0 radical (unpaired) electrons. The molecule has 0 spiro atoms. The second-order valence-electron chi connectivity index (χ2n) is 4.42. The van der Waals surface area contributed by atoms with E-state index in [1.807, 2.05) is 13.8 Å². The molecule has 0 saturated carbocycles. The lowest BCUT2D eigenvalue weighted by molar-refractivity contribution is -0.118. The Balaban J connectivity index is 3.85. The van der Waals surface area contributed by atoms with E-state index in [9.17, 15) is 13.2 Å². The topological polar surface area (TPSA) is 89.3 Å². The van der Waals surface area contributed by atoms with Crippen LogP contribution < -0.4 is 11.1 Å². The van der Waals surface area contributed by atoms with Gasteiger partial charge in [-0.3, -0.25) is 4.79 Å². The monoisotopic (exact) mass is 264 g/mol. The van der Waals surface area contributed by atoms with Crippen LogP contribution in [0.4, 0.5) is 0 Å². The fourth-order valence-electron chi connectivity index (χ4n) is 1.33. The van der Waals surface area contributed by atoms with Crippen molar-refractivity contribution in [2.75, 3.05) is 18.1 Å². The molecule has 102 valence electrons. The number of hydrogen-bond donors (Lipinski definition) is 2. The molecule has 5 nitrogen and oxygen atoms in total. The van der Waals surface area contributed by atoms with Gasteiger partial charge in [-0.05, 0) is 19.8 Å². The molecule has 0 aromatic heterocycles. The van der Waals surface area contributed by atoms with Crippen LogP contribution in [0.1, 0.15) is 39.5 Å². The Morgan fingerprint density at radius 1 is 1.35 bits per heavy atom. The molecule has 1 atom stereocenters. The van der Waals surface area contributed by atoms with Crippen LogP contribution in [0, 0.1) is 0 Å². The summed E-state index contributed by atoms with van der Waals surface area (Å²) >= 11 is 0. The summed E-state index contributed by atoms with van der Waals surface area (Å²) in [6.07, 6.45) is 3.13. The van der Waals surface area contributed by atoms with Gasteiger partial charge in [0, 0.05) is 12.6 Å². The maximum atomic E-state index is 11.5. The van der Waals surface area contributed by atoms with Crippen molar-refractivity contribution < 1.29 is 13.2 Å². The van der Waals surface area contributed by atoms with Gasteiger partial charge in [0.2, 0.25) is 5.91 Å². The third-order valence-corrected chi connectivity index (χ3v) is 3.94. The summed E-state index contributed by atoms with van der Waals surface area (Å²) in [7, 11) is -3.25. The van der Waals surface area contributed by atoms with E-state index in [0.29, 0.717) is 19.4 Å². The molecular formula is C11H24N2O3S. The van der Waals surface area contributed by atoms with E-state index in [-0.39, 0.29) is 11.8 Å².